The highest BCUT2D eigenvalue weighted by molar-refractivity contribution is 5.50. The Balaban J connectivity index is 1.64. The summed E-state index contributed by atoms with van der Waals surface area (Å²) in [4.78, 5) is 10.7. The van der Waals surface area contributed by atoms with E-state index >= 15 is 0 Å². The van der Waals surface area contributed by atoms with Gasteiger partial charge >= 0.3 is 0 Å². The van der Waals surface area contributed by atoms with E-state index in [4.69, 9.17) is 9.47 Å². The Morgan fingerprint density at radius 1 is 1.19 bits per heavy atom. The molecule has 0 N–H and O–H groups in total. The first kappa shape index (κ1) is 15.9. The molecule has 0 bridgehead atoms. The normalized spacial score (nSPS) is 22.5. The first-order chi connectivity index (χ1) is 10.4. The summed E-state index contributed by atoms with van der Waals surface area (Å²) < 4.78 is 11.3. The summed E-state index contributed by atoms with van der Waals surface area (Å²) in [5.74, 6) is 0.467. The van der Waals surface area contributed by atoms with Crippen LogP contribution in [0.15, 0.2) is 42.5 Å². The fourth-order valence-electron chi connectivity index (χ4n) is 2.69. The van der Waals surface area contributed by atoms with Gasteiger partial charge in [0, 0.05) is 13.0 Å². The van der Waals surface area contributed by atoms with Gasteiger partial charge in [0.15, 0.2) is 0 Å². The molecule has 3 nitrogen and oxygen atoms in total. The molecule has 1 aromatic rings. The monoisotopic (exact) mass is 288 g/mol. The number of hydrogen-bond donors (Lipinski definition) is 0. The number of ether oxygens (including phenoxy) is 2. The highest BCUT2D eigenvalue weighted by Gasteiger charge is 2.24. The van der Waals surface area contributed by atoms with Crippen LogP contribution in [0.4, 0.5) is 0 Å². The van der Waals surface area contributed by atoms with E-state index in [0.717, 1.165) is 32.2 Å². The molecule has 0 aliphatic carbocycles. The molecule has 1 aromatic carbocycles. The van der Waals surface area contributed by atoms with E-state index in [1.807, 2.05) is 18.2 Å². The number of aldehydes is 1. The van der Waals surface area contributed by atoms with Gasteiger partial charge in [0.05, 0.1) is 19.3 Å². The molecule has 3 heteroatoms. The third-order valence-electron chi connectivity index (χ3n) is 3.84. The van der Waals surface area contributed by atoms with Crippen LogP contribution in [0.2, 0.25) is 0 Å². The van der Waals surface area contributed by atoms with Gasteiger partial charge in [-0.2, -0.15) is 0 Å². The minimum atomic E-state index is 0.103. The quantitative estimate of drug-likeness (QED) is 0.417. The minimum absolute atomic E-state index is 0.103. The van der Waals surface area contributed by atoms with Crippen molar-refractivity contribution in [3.05, 3.63) is 48.0 Å². The van der Waals surface area contributed by atoms with Gasteiger partial charge in [-0.3, -0.25) is 0 Å². The van der Waals surface area contributed by atoms with Crippen LogP contribution in [0, 0.1) is 5.92 Å². The Labute approximate surface area is 127 Å². The fraction of sp³-hybridized carbons (Fsp3) is 0.500. The van der Waals surface area contributed by atoms with Gasteiger partial charge in [0.2, 0.25) is 0 Å². The standard InChI is InChI=1S/C18H24O3/c19-12-11-18-17(10-6-14-21-18)9-4-5-13-20-15-16-7-2-1-3-8-16/h1-5,7-8,12,17-18H,6,9-11,13-15H2/b5-4-/t17-,18-/m0/s1. The maximum atomic E-state index is 10.7. The van der Waals surface area contributed by atoms with Gasteiger partial charge in [0.1, 0.15) is 6.29 Å². The third-order valence-corrected chi connectivity index (χ3v) is 3.84. The smallest absolute Gasteiger partial charge is 0.122 e. The molecule has 21 heavy (non-hydrogen) atoms. The van der Waals surface area contributed by atoms with Crippen molar-refractivity contribution in [1.82, 2.24) is 0 Å². The second kappa shape index (κ2) is 9.48. The lowest BCUT2D eigenvalue weighted by molar-refractivity contribution is -0.113. The molecular formula is C18H24O3. The van der Waals surface area contributed by atoms with Crippen molar-refractivity contribution in [3.63, 3.8) is 0 Å². The Hall–Kier alpha value is -1.45. The van der Waals surface area contributed by atoms with Crippen molar-refractivity contribution in [1.29, 1.82) is 0 Å². The van der Waals surface area contributed by atoms with Crippen LogP contribution in [0.5, 0.6) is 0 Å². The maximum absolute atomic E-state index is 10.7. The molecule has 2 rings (SSSR count). The molecule has 1 heterocycles. The molecular weight excluding hydrogens is 264 g/mol. The third kappa shape index (κ3) is 5.82. The summed E-state index contributed by atoms with van der Waals surface area (Å²) in [5, 5.41) is 0. The summed E-state index contributed by atoms with van der Waals surface area (Å²) in [6, 6.07) is 10.2. The largest absolute Gasteiger partial charge is 0.377 e. The SMILES string of the molecule is O=CC[C@@H]1OCCC[C@@H]1C/C=C\COCc1ccccc1. The van der Waals surface area contributed by atoms with Crippen molar-refractivity contribution in [3.8, 4) is 0 Å². The zero-order chi connectivity index (χ0) is 14.8. The van der Waals surface area contributed by atoms with E-state index in [1.54, 1.807) is 0 Å². The van der Waals surface area contributed by atoms with E-state index in [1.165, 1.54) is 5.56 Å². The van der Waals surface area contributed by atoms with Crippen LogP contribution in [0.1, 0.15) is 31.2 Å². The molecule has 0 amide bonds. The molecule has 114 valence electrons. The first-order valence-corrected chi connectivity index (χ1v) is 7.72. The second-order valence-electron chi connectivity index (χ2n) is 5.42. The molecule has 2 atom stereocenters. The number of rotatable bonds is 8. The van der Waals surface area contributed by atoms with Crippen LogP contribution < -0.4 is 0 Å². The summed E-state index contributed by atoms with van der Waals surface area (Å²) in [7, 11) is 0. The summed E-state index contributed by atoms with van der Waals surface area (Å²) in [6.07, 6.45) is 9.02. The Bertz CT molecular complexity index is 427. The van der Waals surface area contributed by atoms with Crippen molar-refractivity contribution >= 4 is 6.29 Å². The molecule has 1 aliphatic rings. The molecule has 0 aromatic heterocycles. The Kier molecular flexibility index (Phi) is 7.19. The van der Waals surface area contributed by atoms with Crippen LogP contribution in [-0.2, 0) is 20.9 Å². The van der Waals surface area contributed by atoms with Crippen LogP contribution in [0.25, 0.3) is 0 Å². The lowest BCUT2D eigenvalue weighted by Gasteiger charge is -2.29. The van der Waals surface area contributed by atoms with Gasteiger partial charge in [-0.15, -0.1) is 0 Å². The topological polar surface area (TPSA) is 35.5 Å². The Morgan fingerprint density at radius 3 is 2.86 bits per heavy atom. The zero-order valence-corrected chi connectivity index (χ0v) is 12.4. The highest BCUT2D eigenvalue weighted by atomic mass is 16.5. The number of allylic oxidation sites excluding steroid dienone is 1. The van der Waals surface area contributed by atoms with Crippen molar-refractivity contribution in [2.24, 2.45) is 5.92 Å². The predicted molar refractivity (Wildman–Crippen MR) is 83.0 cm³/mol. The maximum Gasteiger partial charge on any atom is 0.122 e. The molecule has 1 saturated heterocycles. The van der Waals surface area contributed by atoms with E-state index in [-0.39, 0.29) is 6.10 Å². The number of carbonyl (C=O) groups excluding carboxylic acids is 1. The lowest BCUT2D eigenvalue weighted by Crippen LogP contribution is -2.29. The molecule has 1 fully saturated rings. The van der Waals surface area contributed by atoms with Crippen LogP contribution >= 0.6 is 0 Å². The van der Waals surface area contributed by atoms with E-state index < -0.39 is 0 Å². The van der Waals surface area contributed by atoms with Gasteiger partial charge in [-0.25, -0.2) is 0 Å². The predicted octanol–water partition coefficient (Wildman–Crippen LogP) is 3.53. The minimum Gasteiger partial charge on any atom is -0.377 e. The molecule has 0 unspecified atom stereocenters. The second-order valence-corrected chi connectivity index (χ2v) is 5.42. The van der Waals surface area contributed by atoms with Gasteiger partial charge < -0.3 is 14.3 Å². The highest BCUT2D eigenvalue weighted by Crippen LogP contribution is 2.25. The van der Waals surface area contributed by atoms with Crippen molar-refractivity contribution in [2.45, 2.75) is 38.4 Å². The van der Waals surface area contributed by atoms with Gasteiger partial charge in [0.25, 0.3) is 0 Å². The average molecular weight is 288 g/mol. The van der Waals surface area contributed by atoms with Crippen molar-refractivity contribution < 1.29 is 14.3 Å². The number of carbonyl (C=O) groups is 1. The van der Waals surface area contributed by atoms with E-state index in [0.29, 0.717) is 25.6 Å². The summed E-state index contributed by atoms with van der Waals surface area (Å²) >= 11 is 0. The summed E-state index contributed by atoms with van der Waals surface area (Å²) in [5.41, 5.74) is 1.19. The van der Waals surface area contributed by atoms with E-state index in [9.17, 15) is 4.79 Å². The molecule has 1 aliphatic heterocycles. The fourth-order valence-corrected chi connectivity index (χ4v) is 2.69. The van der Waals surface area contributed by atoms with E-state index in [2.05, 4.69) is 24.3 Å². The molecule has 0 saturated carbocycles. The molecule has 0 spiro atoms. The van der Waals surface area contributed by atoms with Crippen molar-refractivity contribution in [2.75, 3.05) is 13.2 Å². The van der Waals surface area contributed by atoms with Crippen LogP contribution in [-0.4, -0.2) is 25.6 Å². The van der Waals surface area contributed by atoms with Crippen LogP contribution in [0.3, 0.4) is 0 Å². The first-order valence-electron chi connectivity index (χ1n) is 7.72. The molecule has 0 radical (unpaired) electrons. The Morgan fingerprint density at radius 2 is 2.05 bits per heavy atom. The van der Waals surface area contributed by atoms with Gasteiger partial charge in [-0.05, 0) is 30.7 Å². The average Bonchev–Trinajstić information content (AvgIpc) is 2.53. The number of hydrogen-bond acceptors (Lipinski definition) is 3. The van der Waals surface area contributed by atoms with Gasteiger partial charge in [-0.1, -0.05) is 42.5 Å². The number of benzene rings is 1. The lowest BCUT2D eigenvalue weighted by atomic mass is 9.89. The zero-order valence-electron chi connectivity index (χ0n) is 12.4. The summed E-state index contributed by atoms with van der Waals surface area (Å²) in [6.45, 7) is 2.06.